The van der Waals surface area contributed by atoms with Crippen molar-refractivity contribution in [2.75, 3.05) is 23.4 Å². The Hall–Kier alpha value is -4.25. The maximum atomic E-state index is 13.2. The molecule has 0 bridgehead atoms. The lowest BCUT2D eigenvalue weighted by Gasteiger charge is -2.26. The van der Waals surface area contributed by atoms with E-state index in [1.165, 1.54) is 31.2 Å². The van der Waals surface area contributed by atoms with Crippen molar-refractivity contribution in [1.82, 2.24) is 0 Å². The number of hydrogen-bond acceptors (Lipinski definition) is 6. The van der Waals surface area contributed by atoms with Gasteiger partial charge in [-0.25, -0.2) is 14.7 Å². The highest BCUT2D eigenvalue weighted by Crippen LogP contribution is 2.27. The maximum absolute atomic E-state index is 13.2. The summed E-state index contributed by atoms with van der Waals surface area (Å²) in [6.45, 7) is 4.37. The third-order valence-electron chi connectivity index (χ3n) is 5.04. The molecule has 8 nitrogen and oxygen atoms in total. The van der Waals surface area contributed by atoms with Gasteiger partial charge >= 0.3 is 5.97 Å². The van der Waals surface area contributed by atoms with E-state index in [1.54, 1.807) is 12.1 Å². The number of nitriles is 1. The average molecular weight is 416 g/mol. The van der Waals surface area contributed by atoms with Crippen molar-refractivity contribution < 1.29 is 19.5 Å². The predicted molar refractivity (Wildman–Crippen MR) is 117 cm³/mol. The normalized spacial score (nSPS) is 15.3. The van der Waals surface area contributed by atoms with Crippen molar-refractivity contribution in [3.8, 4) is 6.07 Å². The highest BCUT2D eigenvalue weighted by molar-refractivity contribution is 6.57. The Bertz CT molecular complexity index is 1160. The molecule has 0 saturated heterocycles. The third-order valence-corrected chi connectivity index (χ3v) is 5.04. The molecule has 3 rings (SSSR count). The molecular weight excluding hydrogens is 396 g/mol. The van der Waals surface area contributed by atoms with E-state index in [0.717, 1.165) is 17.1 Å². The van der Waals surface area contributed by atoms with E-state index < -0.39 is 17.8 Å². The van der Waals surface area contributed by atoms with Crippen molar-refractivity contribution in [2.24, 2.45) is 4.99 Å². The number of carboxylic acids is 1. The van der Waals surface area contributed by atoms with Crippen molar-refractivity contribution >= 4 is 40.6 Å². The quantitative estimate of drug-likeness (QED) is 0.748. The summed E-state index contributed by atoms with van der Waals surface area (Å²) in [5, 5.41) is 18.6. The Morgan fingerprint density at radius 2 is 1.71 bits per heavy atom. The number of rotatable bonds is 5. The first-order chi connectivity index (χ1) is 14.8. The molecule has 0 saturated carbocycles. The number of aliphatic imine (C=N–C) groups is 1. The molecule has 156 valence electrons. The van der Waals surface area contributed by atoms with E-state index >= 15 is 0 Å². The van der Waals surface area contributed by atoms with Crippen LogP contribution in [0.3, 0.4) is 0 Å². The first-order valence-electron chi connectivity index (χ1n) is 9.51. The number of nitrogens with zero attached hydrogens (tertiary/aromatic N) is 4. The molecular formula is C23H20N4O4. The first-order valence-corrected chi connectivity index (χ1v) is 9.51. The van der Waals surface area contributed by atoms with Crippen LogP contribution < -0.4 is 9.80 Å². The number of benzene rings is 2. The van der Waals surface area contributed by atoms with Crippen LogP contribution in [-0.4, -0.2) is 42.2 Å². The van der Waals surface area contributed by atoms with Gasteiger partial charge in [0.25, 0.3) is 11.8 Å². The third kappa shape index (κ3) is 4.07. The van der Waals surface area contributed by atoms with E-state index in [1.807, 2.05) is 37.1 Å². The summed E-state index contributed by atoms with van der Waals surface area (Å²) < 4.78 is 0. The minimum atomic E-state index is -1.13. The second-order valence-corrected chi connectivity index (χ2v) is 6.90. The van der Waals surface area contributed by atoms with Gasteiger partial charge in [0.2, 0.25) is 0 Å². The molecule has 0 aliphatic carbocycles. The molecule has 2 aromatic carbocycles. The summed E-state index contributed by atoms with van der Waals surface area (Å²) in [4.78, 5) is 44.3. The van der Waals surface area contributed by atoms with E-state index in [4.69, 9.17) is 5.11 Å². The standard InChI is InChI=1S/C23H20N4O4/c1-4-26(3)17-11-7-16(8-12-17)25-20-14(2)19(13-24)21(28)27(22(20)29)18-9-5-15(6-10-18)23(30)31/h5-12H,4H2,1-3H3,(H,30,31). The van der Waals surface area contributed by atoms with E-state index in [-0.39, 0.29) is 28.1 Å². The number of imide groups is 1. The van der Waals surface area contributed by atoms with E-state index in [0.29, 0.717) is 5.69 Å². The molecule has 0 fully saturated rings. The fourth-order valence-electron chi connectivity index (χ4n) is 3.09. The second-order valence-electron chi connectivity index (χ2n) is 6.90. The van der Waals surface area contributed by atoms with Gasteiger partial charge in [-0.2, -0.15) is 5.26 Å². The molecule has 0 radical (unpaired) electrons. The summed E-state index contributed by atoms with van der Waals surface area (Å²) in [5.74, 6) is -2.58. The molecule has 2 amide bonds. The van der Waals surface area contributed by atoms with Crippen LogP contribution in [0.2, 0.25) is 0 Å². The van der Waals surface area contributed by atoms with Gasteiger partial charge in [0.15, 0.2) is 0 Å². The summed E-state index contributed by atoms with van der Waals surface area (Å²) in [7, 11) is 1.96. The Balaban J connectivity index is 2.06. The Morgan fingerprint density at radius 1 is 1.10 bits per heavy atom. The molecule has 1 aliphatic heterocycles. The molecule has 31 heavy (non-hydrogen) atoms. The molecule has 0 spiro atoms. The maximum Gasteiger partial charge on any atom is 0.335 e. The number of amides is 2. The van der Waals surface area contributed by atoms with Gasteiger partial charge in [-0.1, -0.05) is 0 Å². The number of aromatic carboxylic acids is 1. The highest BCUT2D eigenvalue weighted by Gasteiger charge is 2.37. The van der Waals surface area contributed by atoms with Crippen LogP contribution in [-0.2, 0) is 9.59 Å². The van der Waals surface area contributed by atoms with Crippen molar-refractivity contribution in [3.05, 3.63) is 65.2 Å². The summed E-state index contributed by atoms with van der Waals surface area (Å²) in [6.07, 6.45) is 0. The van der Waals surface area contributed by atoms with Gasteiger partial charge in [-0.15, -0.1) is 0 Å². The van der Waals surface area contributed by atoms with Crippen LogP contribution >= 0.6 is 0 Å². The minimum Gasteiger partial charge on any atom is -0.478 e. The van der Waals surface area contributed by atoms with Crippen LogP contribution in [0.1, 0.15) is 24.2 Å². The molecule has 0 unspecified atom stereocenters. The molecule has 0 aromatic heterocycles. The largest absolute Gasteiger partial charge is 0.478 e. The zero-order valence-corrected chi connectivity index (χ0v) is 17.3. The number of carbonyl (C=O) groups excluding carboxylic acids is 2. The molecule has 2 aromatic rings. The minimum absolute atomic E-state index is 0.0129. The summed E-state index contributed by atoms with van der Waals surface area (Å²) in [6, 6.07) is 14.4. The molecule has 0 atom stereocenters. The van der Waals surface area contributed by atoms with Gasteiger partial charge in [0, 0.05) is 24.9 Å². The van der Waals surface area contributed by atoms with Crippen molar-refractivity contribution in [3.63, 3.8) is 0 Å². The zero-order chi connectivity index (χ0) is 22.7. The number of carbonyl (C=O) groups is 3. The second kappa shape index (κ2) is 8.63. The summed E-state index contributed by atoms with van der Waals surface area (Å²) in [5.41, 5.74) is 1.65. The van der Waals surface area contributed by atoms with Crippen LogP contribution in [0.4, 0.5) is 17.1 Å². The lowest BCUT2D eigenvalue weighted by molar-refractivity contribution is -0.121. The van der Waals surface area contributed by atoms with Crippen molar-refractivity contribution in [1.29, 1.82) is 5.26 Å². The van der Waals surface area contributed by atoms with Crippen molar-refractivity contribution in [2.45, 2.75) is 13.8 Å². The van der Waals surface area contributed by atoms with Gasteiger partial charge in [0.05, 0.1) is 16.9 Å². The van der Waals surface area contributed by atoms with Gasteiger partial charge in [-0.3, -0.25) is 9.59 Å². The molecule has 1 N–H and O–H groups in total. The molecule has 1 heterocycles. The van der Waals surface area contributed by atoms with E-state index in [2.05, 4.69) is 4.99 Å². The van der Waals surface area contributed by atoms with Crippen LogP contribution in [0.15, 0.2) is 64.7 Å². The average Bonchev–Trinajstić information content (AvgIpc) is 2.77. The lowest BCUT2D eigenvalue weighted by atomic mass is 9.98. The lowest BCUT2D eigenvalue weighted by Crippen LogP contribution is -2.47. The van der Waals surface area contributed by atoms with Gasteiger partial charge in [-0.05, 0) is 62.4 Å². The monoisotopic (exact) mass is 416 g/mol. The molecule has 8 heteroatoms. The topological polar surface area (TPSA) is 114 Å². The molecule has 1 aliphatic rings. The predicted octanol–water partition coefficient (Wildman–Crippen LogP) is 3.33. The first kappa shape index (κ1) is 21.5. The highest BCUT2D eigenvalue weighted by atomic mass is 16.4. The SMILES string of the molecule is CCN(C)c1ccc(N=C2C(=O)N(c3ccc(C(=O)O)cc3)C(=O)C(C#N)=C2C)cc1. The van der Waals surface area contributed by atoms with Crippen LogP contribution in [0, 0.1) is 11.3 Å². The Morgan fingerprint density at radius 3 is 2.23 bits per heavy atom. The number of anilines is 2. The fourth-order valence-corrected chi connectivity index (χ4v) is 3.09. The van der Waals surface area contributed by atoms with Gasteiger partial charge in [0.1, 0.15) is 17.4 Å². The smallest absolute Gasteiger partial charge is 0.335 e. The van der Waals surface area contributed by atoms with Crippen LogP contribution in [0.5, 0.6) is 0 Å². The van der Waals surface area contributed by atoms with E-state index in [9.17, 15) is 19.6 Å². The van der Waals surface area contributed by atoms with Gasteiger partial charge < -0.3 is 10.0 Å². The summed E-state index contributed by atoms with van der Waals surface area (Å²) >= 11 is 0. The van der Waals surface area contributed by atoms with Crippen LogP contribution in [0.25, 0.3) is 0 Å². The number of carboxylic acid groups (broad SMARTS) is 1. The Kier molecular flexibility index (Phi) is 5.97. The fraction of sp³-hybridized carbons (Fsp3) is 0.174. The zero-order valence-electron chi connectivity index (χ0n) is 17.3. The Labute approximate surface area is 179 Å². The number of hydrogen-bond donors (Lipinski definition) is 1.